The number of rotatable bonds is 30. The summed E-state index contributed by atoms with van der Waals surface area (Å²) < 4.78 is 9.69. The number of hydrogen-bond acceptors (Lipinski definition) is 12. The summed E-state index contributed by atoms with van der Waals surface area (Å²) in [5.41, 5.74) is 0. The second kappa shape index (κ2) is 68.9. The van der Waals surface area contributed by atoms with Crippen molar-refractivity contribution in [2.75, 3.05) is 82.4 Å². The molecule has 57 heavy (non-hydrogen) atoms. The van der Waals surface area contributed by atoms with Gasteiger partial charge in [-0.05, 0) is 38.5 Å². The fraction of sp³-hybridized carbons (Fsp3) is 0.974. The van der Waals surface area contributed by atoms with Gasteiger partial charge >= 0.3 is 0 Å². The van der Waals surface area contributed by atoms with Crippen molar-refractivity contribution in [3.8, 4) is 6.07 Å². The van der Waals surface area contributed by atoms with E-state index in [1.54, 1.807) is 0 Å². The normalized spacial score (nSPS) is 13.2. The second-order valence-corrected chi connectivity index (χ2v) is 16.1. The lowest BCUT2D eigenvalue weighted by molar-refractivity contribution is -0.0466. The van der Waals surface area contributed by atoms with E-state index in [9.17, 15) is 0 Å². The number of unbranched alkanes of at least 4 members (excludes halogenated alkanes) is 15. The van der Waals surface area contributed by atoms with Crippen molar-refractivity contribution in [2.45, 2.75) is 158 Å². The molecule has 0 aromatic heterocycles. The van der Waals surface area contributed by atoms with Crippen molar-refractivity contribution in [3.63, 3.8) is 0 Å². The van der Waals surface area contributed by atoms with E-state index >= 15 is 0 Å². The summed E-state index contributed by atoms with van der Waals surface area (Å²) in [6.45, 7) is 5.32. The van der Waals surface area contributed by atoms with Crippen LogP contribution in [0.2, 0.25) is 0 Å². The predicted molar refractivity (Wildman–Crippen MR) is 245 cm³/mol. The molecule has 0 spiro atoms. The van der Waals surface area contributed by atoms with Gasteiger partial charge in [0.25, 0.3) is 0 Å². The summed E-state index contributed by atoms with van der Waals surface area (Å²) in [6.07, 6.45) is 19.0. The van der Waals surface area contributed by atoms with Crippen LogP contribution in [0.5, 0.6) is 0 Å². The van der Waals surface area contributed by atoms with Crippen molar-refractivity contribution >= 4 is 78.3 Å². The molecular formula is C39H81Br2Cl4NO11. The maximum Gasteiger partial charge on any atom is 0.151 e. The highest BCUT2D eigenvalue weighted by Gasteiger charge is 2.19. The average molecular weight is 1040 g/mol. The van der Waals surface area contributed by atoms with E-state index in [1.165, 1.54) is 57.8 Å². The SMILES string of the molecule is CCCCCCOCCO.N#CCCCCCCCCCCCC(O)O.OC(CCl)CCl.OCC(Br)CBr.OCC(Cl)CCl.OCC1CO1.OCCCCCCO. The molecule has 9 N–H and O–H groups in total. The van der Waals surface area contributed by atoms with E-state index in [-0.39, 0.29) is 67.7 Å². The third-order valence-electron chi connectivity index (χ3n) is 6.89. The van der Waals surface area contributed by atoms with Crippen LogP contribution in [0.25, 0.3) is 0 Å². The quantitative estimate of drug-likeness (QED) is 0.0149. The van der Waals surface area contributed by atoms with Gasteiger partial charge in [-0.2, -0.15) is 5.26 Å². The topological polar surface area (TPSA) is 228 Å². The lowest BCUT2D eigenvalue weighted by Crippen LogP contribution is -2.08. The van der Waals surface area contributed by atoms with Crippen LogP contribution in [0.1, 0.15) is 129 Å². The maximum atomic E-state index is 8.63. The Morgan fingerprint density at radius 2 is 1.16 bits per heavy atom. The van der Waals surface area contributed by atoms with Crippen LogP contribution in [0.15, 0.2) is 0 Å². The number of halogens is 6. The molecule has 1 saturated heterocycles. The summed E-state index contributed by atoms with van der Waals surface area (Å²) in [4.78, 5) is 0.220. The Balaban J connectivity index is -0.000000139. The van der Waals surface area contributed by atoms with Crippen molar-refractivity contribution in [1.29, 1.82) is 5.26 Å². The van der Waals surface area contributed by atoms with Gasteiger partial charge < -0.3 is 55.4 Å². The van der Waals surface area contributed by atoms with Gasteiger partial charge in [0, 0.05) is 54.0 Å². The number of epoxide rings is 1. The predicted octanol–water partition coefficient (Wildman–Crippen LogP) is 7.38. The minimum absolute atomic E-state index is 0.0367. The fourth-order valence-electron chi connectivity index (χ4n) is 3.46. The number of nitriles is 1. The van der Waals surface area contributed by atoms with Crippen molar-refractivity contribution in [1.82, 2.24) is 0 Å². The third kappa shape index (κ3) is 93.4. The second-order valence-electron chi connectivity index (χ2n) is 12.6. The first-order valence-corrected chi connectivity index (χ1v) is 24.3. The van der Waals surface area contributed by atoms with Crippen LogP contribution in [-0.2, 0) is 9.47 Å². The van der Waals surface area contributed by atoms with E-state index in [2.05, 4.69) is 49.6 Å². The van der Waals surface area contributed by atoms with Gasteiger partial charge in [-0.15, -0.1) is 46.4 Å². The first-order valence-electron chi connectivity index (χ1n) is 20.2. The van der Waals surface area contributed by atoms with Crippen LogP contribution >= 0.6 is 78.3 Å². The molecule has 3 unspecified atom stereocenters. The number of aliphatic hydroxyl groups is 9. The molecule has 0 radical (unpaired) electrons. The summed E-state index contributed by atoms with van der Waals surface area (Å²) >= 11 is 27.0. The first kappa shape index (κ1) is 69.9. The highest BCUT2D eigenvalue weighted by Crippen LogP contribution is 2.11. The maximum absolute atomic E-state index is 8.63. The molecule has 18 heteroatoms. The molecule has 1 rings (SSSR count). The van der Waals surface area contributed by atoms with E-state index in [1.807, 2.05) is 0 Å². The van der Waals surface area contributed by atoms with Crippen LogP contribution < -0.4 is 0 Å². The van der Waals surface area contributed by atoms with Crippen LogP contribution in [-0.4, -0.2) is 157 Å². The van der Waals surface area contributed by atoms with Crippen LogP contribution in [0.4, 0.5) is 0 Å². The zero-order valence-electron chi connectivity index (χ0n) is 34.6. The molecule has 0 amide bonds. The average Bonchev–Trinajstić information content (AvgIpc) is 4.08. The third-order valence-corrected chi connectivity index (χ3v) is 10.7. The molecule has 1 heterocycles. The van der Waals surface area contributed by atoms with Crippen molar-refractivity contribution in [3.05, 3.63) is 0 Å². The Labute approximate surface area is 382 Å². The van der Waals surface area contributed by atoms with Crippen molar-refractivity contribution < 1.29 is 55.4 Å². The lowest BCUT2D eigenvalue weighted by atomic mass is 10.1. The van der Waals surface area contributed by atoms with Gasteiger partial charge in [0.05, 0.1) is 57.2 Å². The van der Waals surface area contributed by atoms with Crippen molar-refractivity contribution in [2.24, 2.45) is 0 Å². The highest BCUT2D eigenvalue weighted by molar-refractivity contribution is 9.12. The molecule has 0 bridgehead atoms. The minimum atomic E-state index is -1.12. The van der Waals surface area contributed by atoms with Crippen LogP contribution in [0.3, 0.4) is 0 Å². The summed E-state index contributed by atoms with van der Waals surface area (Å²) in [5, 5.41) is 83.9. The van der Waals surface area contributed by atoms with Gasteiger partial charge in [-0.3, -0.25) is 0 Å². The largest absolute Gasteiger partial charge is 0.396 e. The number of hydrogen-bond donors (Lipinski definition) is 9. The smallest absolute Gasteiger partial charge is 0.151 e. The molecule has 0 saturated carbocycles. The zero-order chi connectivity index (χ0) is 44.6. The number of aliphatic hydroxyl groups excluding tert-OH is 8. The Kier molecular flexibility index (Phi) is 84.4. The number of ether oxygens (including phenoxy) is 2. The number of alkyl halides is 6. The standard InChI is InChI=1S/C13H25NO2.C8H18O2.C6H14O2.C3H6Br2O.2C3H6Cl2O.C3H6O2/c14-12-10-8-6-4-2-1-3-5-7-9-11-13(15)16;1-2-3-4-5-7-10-8-6-9;7-5-3-1-2-4-6-8;2*4-1-3(5)2-6;4-1-3(6)2-5;4-1-3-2-5-3/h13,15-16H,1-11H2;9H,2-8H2,1H3;7-8H,1-6H2;3*3,6H,1-2H2;3-4H,1-2H2. The molecule has 0 aromatic rings. The summed E-state index contributed by atoms with van der Waals surface area (Å²) in [6, 6.07) is 2.16. The summed E-state index contributed by atoms with van der Waals surface area (Å²) in [7, 11) is 0. The van der Waals surface area contributed by atoms with E-state index in [0.29, 0.717) is 25.3 Å². The monoisotopic (exact) mass is 1040 g/mol. The molecule has 12 nitrogen and oxygen atoms in total. The van der Waals surface area contributed by atoms with Gasteiger partial charge in [0.1, 0.15) is 6.10 Å². The van der Waals surface area contributed by atoms with Gasteiger partial charge in [0.2, 0.25) is 0 Å². The highest BCUT2D eigenvalue weighted by atomic mass is 79.9. The van der Waals surface area contributed by atoms with E-state index in [0.717, 1.165) is 69.9 Å². The molecule has 0 aliphatic carbocycles. The molecule has 0 aromatic carbocycles. The number of nitrogens with zero attached hydrogens (tertiary/aromatic N) is 1. The minimum Gasteiger partial charge on any atom is -0.396 e. The zero-order valence-corrected chi connectivity index (χ0v) is 40.8. The van der Waals surface area contributed by atoms with Gasteiger partial charge in [-0.25, -0.2) is 0 Å². The van der Waals surface area contributed by atoms with Gasteiger partial charge in [0.15, 0.2) is 6.29 Å². The first-order chi connectivity index (χ1) is 27.5. The Bertz CT molecular complexity index is 649. The Morgan fingerprint density at radius 1 is 0.684 bits per heavy atom. The molecule has 1 fully saturated rings. The molecule has 1 aliphatic rings. The Hall–Kier alpha value is 1.17. The molecule has 3 atom stereocenters. The fourth-order valence-corrected chi connectivity index (χ4v) is 4.09. The van der Waals surface area contributed by atoms with E-state index in [4.69, 9.17) is 102 Å². The van der Waals surface area contributed by atoms with E-state index < -0.39 is 12.4 Å². The van der Waals surface area contributed by atoms with Gasteiger partial charge in [-0.1, -0.05) is 116 Å². The Morgan fingerprint density at radius 3 is 1.42 bits per heavy atom. The lowest BCUT2D eigenvalue weighted by Gasteiger charge is -2.03. The molecule has 350 valence electrons. The van der Waals surface area contributed by atoms with Crippen LogP contribution in [0, 0.1) is 11.3 Å². The molecule has 1 aliphatic heterocycles. The summed E-state index contributed by atoms with van der Waals surface area (Å²) in [5.74, 6) is 0.769. The molecular weight excluding hydrogens is 960 g/mol.